The number of rotatable bonds is 5. The summed E-state index contributed by atoms with van der Waals surface area (Å²) >= 11 is 8.70. The van der Waals surface area contributed by atoms with E-state index >= 15 is 0 Å². The summed E-state index contributed by atoms with van der Waals surface area (Å²) in [5.74, 6) is 2.10. The van der Waals surface area contributed by atoms with Crippen molar-refractivity contribution in [2.24, 2.45) is 0 Å². The molecule has 2 aromatic heterocycles. The van der Waals surface area contributed by atoms with Crippen molar-refractivity contribution < 1.29 is 5.11 Å². The molecule has 0 spiro atoms. The topological polar surface area (TPSA) is 61.8 Å². The van der Waals surface area contributed by atoms with Crippen LogP contribution in [0.5, 0.6) is 0 Å². The molecule has 4 nitrogen and oxygen atoms in total. The molecule has 0 aliphatic heterocycles. The number of aliphatic hydroxyl groups excluding tert-OH is 1. The lowest BCUT2D eigenvalue weighted by molar-refractivity contribution is 0.208. The molecule has 2 heterocycles. The van der Waals surface area contributed by atoms with Crippen LogP contribution in [-0.4, -0.2) is 26.0 Å². The number of aromatic nitrogens is 3. The fraction of sp³-hybridized carbons (Fsp3) is 0.455. The van der Waals surface area contributed by atoms with Crippen LogP contribution in [0.1, 0.15) is 35.6 Å². The molecule has 1 aliphatic carbocycles. The van der Waals surface area contributed by atoms with E-state index in [1.54, 1.807) is 6.07 Å². The second kappa shape index (κ2) is 5.21. The number of halogens is 1. The average molecular weight is 302 g/mol. The Bertz CT molecular complexity index is 538. The standard InChI is InChI=1S/C11H12ClN3OS2/c12-9-4-3-8(18-9)7(16)5-17-11-13-10(14-15-11)6-1-2-6/h3-4,6-7,16H,1-2,5H2,(H,13,14,15). The van der Waals surface area contributed by atoms with Crippen LogP contribution in [-0.2, 0) is 0 Å². The number of nitrogens with zero attached hydrogens (tertiary/aromatic N) is 2. The molecular weight excluding hydrogens is 290 g/mol. The van der Waals surface area contributed by atoms with Crippen molar-refractivity contribution in [2.45, 2.75) is 30.0 Å². The van der Waals surface area contributed by atoms with Crippen LogP contribution >= 0.6 is 34.7 Å². The van der Waals surface area contributed by atoms with E-state index in [2.05, 4.69) is 15.2 Å². The van der Waals surface area contributed by atoms with Crippen LogP contribution in [0.2, 0.25) is 4.34 Å². The van der Waals surface area contributed by atoms with E-state index in [0.717, 1.165) is 10.7 Å². The molecule has 1 unspecified atom stereocenters. The summed E-state index contributed by atoms with van der Waals surface area (Å²) in [6.45, 7) is 0. The minimum Gasteiger partial charge on any atom is -0.387 e. The van der Waals surface area contributed by atoms with E-state index in [1.165, 1.54) is 35.9 Å². The minimum atomic E-state index is -0.518. The summed E-state index contributed by atoms with van der Waals surface area (Å²) in [5.41, 5.74) is 0. The fourth-order valence-electron chi connectivity index (χ4n) is 1.61. The zero-order valence-electron chi connectivity index (χ0n) is 9.47. The second-order valence-corrected chi connectivity index (χ2v) is 6.98. The van der Waals surface area contributed by atoms with Gasteiger partial charge in [-0.2, -0.15) is 0 Å². The van der Waals surface area contributed by atoms with Gasteiger partial charge in [-0.1, -0.05) is 23.4 Å². The number of aliphatic hydroxyl groups is 1. The molecule has 0 radical (unpaired) electrons. The highest BCUT2D eigenvalue weighted by Gasteiger charge is 2.27. The Morgan fingerprint density at radius 3 is 3.06 bits per heavy atom. The summed E-state index contributed by atoms with van der Waals surface area (Å²) in [6.07, 6.45) is 1.89. The monoisotopic (exact) mass is 301 g/mol. The van der Waals surface area contributed by atoms with Crippen molar-refractivity contribution in [3.8, 4) is 0 Å². The van der Waals surface area contributed by atoms with E-state index in [9.17, 15) is 5.11 Å². The zero-order valence-corrected chi connectivity index (χ0v) is 11.9. The average Bonchev–Trinajstić information content (AvgIpc) is 2.95. The predicted molar refractivity (Wildman–Crippen MR) is 73.4 cm³/mol. The smallest absolute Gasteiger partial charge is 0.208 e. The molecule has 96 valence electrons. The third kappa shape index (κ3) is 2.88. The molecule has 1 atom stereocenters. The Morgan fingerprint density at radius 2 is 2.39 bits per heavy atom. The normalized spacial score (nSPS) is 17.0. The lowest BCUT2D eigenvalue weighted by Gasteiger charge is -2.05. The van der Waals surface area contributed by atoms with Gasteiger partial charge in [-0.05, 0) is 25.0 Å². The molecule has 7 heteroatoms. The molecule has 0 bridgehead atoms. The molecule has 3 rings (SSSR count). The fourth-order valence-corrected chi connectivity index (χ4v) is 3.52. The number of thioether (sulfide) groups is 1. The van der Waals surface area contributed by atoms with Crippen molar-refractivity contribution in [3.05, 3.63) is 27.2 Å². The largest absolute Gasteiger partial charge is 0.387 e. The van der Waals surface area contributed by atoms with Gasteiger partial charge in [-0.3, -0.25) is 5.10 Å². The van der Waals surface area contributed by atoms with Gasteiger partial charge in [0.1, 0.15) is 5.82 Å². The molecule has 18 heavy (non-hydrogen) atoms. The van der Waals surface area contributed by atoms with Crippen molar-refractivity contribution in [2.75, 3.05) is 5.75 Å². The van der Waals surface area contributed by atoms with Gasteiger partial charge in [-0.15, -0.1) is 16.4 Å². The first-order chi connectivity index (χ1) is 8.72. The molecule has 0 amide bonds. The Labute approximate surface area is 118 Å². The van der Waals surface area contributed by atoms with Crippen molar-refractivity contribution in [1.82, 2.24) is 15.2 Å². The maximum atomic E-state index is 9.99. The van der Waals surface area contributed by atoms with Gasteiger partial charge in [0.2, 0.25) is 5.16 Å². The highest BCUT2D eigenvalue weighted by atomic mass is 35.5. The van der Waals surface area contributed by atoms with Gasteiger partial charge >= 0.3 is 0 Å². The van der Waals surface area contributed by atoms with Crippen LogP contribution in [0.15, 0.2) is 17.3 Å². The maximum absolute atomic E-state index is 9.99. The van der Waals surface area contributed by atoms with E-state index < -0.39 is 6.10 Å². The van der Waals surface area contributed by atoms with Crippen molar-refractivity contribution in [3.63, 3.8) is 0 Å². The van der Waals surface area contributed by atoms with E-state index in [-0.39, 0.29) is 0 Å². The maximum Gasteiger partial charge on any atom is 0.208 e. The number of aromatic amines is 1. The molecule has 1 fully saturated rings. The first-order valence-corrected chi connectivity index (χ1v) is 7.89. The quantitative estimate of drug-likeness (QED) is 0.832. The third-order valence-corrected chi connectivity index (χ3v) is 4.99. The number of H-pyrrole nitrogens is 1. The Kier molecular flexibility index (Phi) is 3.61. The van der Waals surface area contributed by atoms with E-state index in [1.807, 2.05) is 6.07 Å². The summed E-state index contributed by atoms with van der Waals surface area (Å²) < 4.78 is 0.697. The molecule has 1 saturated carbocycles. The second-order valence-electron chi connectivity index (χ2n) is 4.25. The number of hydrogen-bond acceptors (Lipinski definition) is 5. The lowest BCUT2D eigenvalue weighted by Crippen LogP contribution is -1.97. The SMILES string of the molecule is OC(CSc1n[nH]c(C2CC2)n1)c1ccc(Cl)s1. The van der Waals surface area contributed by atoms with Gasteiger partial charge < -0.3 is 5.11 Å². The van der Waals surface area contributed by atoms with Crippen LogP contribution in [0.4, 0.5) is 0 Å². The van der Waals surface area contributed by atoms with Gasteiger partial charge in [0, 0.05) is 16.5 Å². The van der Waals surface area contributed by atoms with Crippen LogP contribution in [0.25, 0.3) is 0 Å². The molecule has 2 aromatic rings. The van der Waals surface area contributed by atoms with E-state index in [4.69, 9.17) is 11.6 Å². The Morgan fingerprint density at radius 1 is 1.56 bits per heavy atom. The summed E-state index contributed by atoms with van der Waals surface area (Å²) in [5, 5.41) is 17.8. The van der Waals surface area contributed by atoms with Gasteiger partial charge in [-0.25, -0.2) is 4.98 Å². The van der Waals surface area contributed by atoms with Crippen molar-refractivity contribution in [1.29, 1.82) is 0 Å². The highest BCUT2D eigenvalue weighted by molar-refractivity contribution is 7.99. The van der Waals surface area contributed by atoms with Crippen LogP contribution in [0.3, 0.4) is 0 Å². The van der Waals surface area contributed by atoms with Gasteiger partial charge in [0.15, 0.2) is 0 Å². The number of nitrogens with one attached hydrogen (secondary N) is 1. The van der Waals surface area contributed by atoms with E-state index in [0.29, 0.717) is 21.2 Å². The summed E-state index contributed by atoms with van der Waals surface area (Å²) in [4.78, 5) is 5.29. The Hall–Kier alpha value is -0.560. The zero-order chi connectivity index (χ0) is 12.5. The number of hydrogen-bond donors (Lipinski definition) is 2. The first-order valence-electron chi connectivity index (χ1n) is 5.71. The molecule has 1 aliphatic rings. The third-order valence-electron chi connectivity index (χ3n) is 2.74. The van der Waals surface area contributed by atoms with Crippen LogP contribution in [0, 0.1) is 0 Å². The molecule has 0 aromatic carbocycles. The lowest BCUT2D eigenvalue weighted by atomic mass is 10.3. The van der Waals surface area contributed by atoms with Gasteiger partial charge in [0.25, 0.3) is 0 Å². The molecular formula is C11H12ClN3OS2. The summed E-state index contributed by atoms with van der Waals surface area (Å²) in [6, 6.07) is 3.65. The van der Waals surface area contributed by atoms with Crippen molar-refractivity contribution >= 4 is 34.7 Å². The minimum absolute atomic E-state index is 0.518. The number of thiophene rings is 1. The predicted octanol–water partition coefficient (Wildman–Crippen LogP) is 3.22. The van der Waals surface area contributed by atoms with Crippen LogP contribution < -0.4 is 0 Å². The Balaban J connectivity index is 1.56. The highest BCUT2D eigenvalue weighted by Crippen LogP contribution is 2.38. The van der Waals surface area contributed by atoms with Gasteiger partial charge in [0.05, 0.1) is 10.4 Å². The summed E-state index contributed by atoms with van der Waals surface area (Å²) in [7, 11) is 0. The molecule has 0 saturated heterocycles. The molecule has 2 N–H and O–H groups in total. The first kappa shape index (κ1) is 12.5.